The van der Waals surface area contributed by atoms with E-state index in [1.54, 1.807) is 0 Å². The number of anilines is 1. The highest BCUT2D eigenvalue weighted by Gasteiger charge is 2.38. The topological polar surface area (TPSA) is 74.0 Å². The number of carbonyl (C=O) groups is 1. The van der Waals surface area contributed by atoms with Crippen molar-refractivity contribution in [3.05, 3.63) is 59.6 Å². The molecule has 0 unspecified atom stereocenters. The van der Waals surface area contributed by atoms with Crippen LogP contribution in [0.25, 0.3) is 5.65 Å². The number of rotatable bonds is 3. The molecule has 1 saturated heterocycles. The standard InChI is InChI=1S/C17H18ClN5.C2HF3O2/c18-15-4-2-1-3-14(15)13-21-9-11-23(12-10-21)17-16-19-5-7-22(16)8-6-20-17;3-2(4,5)1(6)7/h1-8H,9-13H2;(H,6,7). The number of nitrogens with zero attached hydrogens (tertiary/aromatic N) is 5. The molecule has 0 aliphatic carbocycles. The number of hydrogen-bond acceptors (Lipinski definition) is 5. The molecule has 3 aromatic rings. The van der Waals surface area contributed by atoms with Crippen LogP contribution in [0.15, 0.2) is 49.1 Å². The highest BCUT2D eigenvalue weighted by atomic mass is 35.5. The molecule has 30 heavy (non-hydrogen) atoms. The highest BCUT2D eigenvalue weighted by molar-refractivity contribution is 6.31. The van der Waals surface area contributed by atoms with Crippen molar-refractivity contribution >= 4 is 29.0 Å². The first-order valence-electron chi connectivity index (χ1n) is 9.04. The first-order valence-corrected chi connectivity index (χ1v) is 9.42. The molecular formula is C19H19ClF3N5O2. The maximum atomic E-state index is 10.6. The summed E-state index contributed by atoms with van der Waals surface area (Å²) in [6, 6.07) is 8.07. The lowest BCUT2D eigenvalue weighted by Gasteiger charge is -2.35. The van der Waals surface area contributed by atoms with Crippen molar-refractivity contribution in [2.75, 3.05) is 31.1 Å². The van der Waals surface area contributed by atoms with Crippen molar-refractivity contribution in [3.8, 4) is 0 Å². The molecule has 11 heteroatoms. The van der Waals surface area contributed by atoms with E-state index in [1.807, 2.05) is 47.4 Å². The highest BCUT2D eigenvalue weighted by Crippen LogP contribution is 2.21. The molecule has 0 atom stereocenters. The van der Waals surface area contributed by atoms with Crippen molar-refractivity contribution in [1.82, 2.24) is 19.3 Å². The van der Waals surface area contributed by atoms with Crippen LogP contribution < -0.4 is 4.90 Å². The molecule has 0 amide bonds. The minimum Gasteiger partial charge on any atom is -0.475 e. The van der Waals surface area contributed by atoms with E-state index in [9.17, 15) is 13.2 Å². The first-order chi connectivity index (χ1) is 14.3. The van der Waals surface area contributed by atoms with Gasteiger partial charge in [-0.2, -0.15) is 13.2 Å². The summed E-state index contributed by atoms with van der Waals surface area (Å²) in [6.45, 7) is 4.78. The van der Waals surface area contributed by atoms with Gasteiger partial charge in [0.2, 0.25) is 0 Å². The minimum absolute atomic E-state index is 0.846. The van der Waals surface area contributed by atoms with Gasteiger partial charge in [0.25, 0.3) is 0 Å². The molecule has 0 saturated carbocycles. The maximum absolute atomic E-state index is 10.6. The fraction of sp³-hybridized carbons (Fsp3) is 0.316. The number of aromatic nitrogens is 3. The third-order valence-electron chi connectivity index (χ3n) is 4.56. The van der Waals surface area contributed by atoms with E-state index in [-0.39, 0.29) is 0 Å². The number of aliphatic carboxylic acids is 1. The predicted molar refractivity (Wildman–Crippen MR) is 106 cm³/mol. The Kier molecular flexibility index (Phi) is 6.78. The Morgan fingerprint density at radius 2 is 1.67 bits per heavy atom. The second-order valence-corrected chi connectivity index (χ2v) is 6.97. The van der Waals surface area contributed by atoms with E-state index >= 15 is 0 Å². The summed E-state index contributed by atoms with van der Waals surface area (Å²) >= 11 is 6.26. The number of carboxylic acids is 1. The van der Waals surface area contributed by atoms with E-state index in [1.165, 1.54) is 5.56 Å². The van der Waals surface area contributed by atoms with Crippen LogP contribution in [-0.4, -0.2) is 62.7 Å². The van der Waals surface area contributed by atoms with Gasteiger partial charge in [-0.25, -0.2) is 14.8 Å². The number of hydrogen-bond donors (Lipinski definition) is 1. The van der Waals surface area contributed by atoms with Crippen LogP contribution in [0, 0.1) is 0 Å². The van der Waals surface area contributed by atoms with Gasteiger partial charge >= 0.3 is 12.1 Å². The maximum Gasteiger partial charge on any atom is 0.490 e. The minimum atomic E-state index is -5.08. The van der Waals surface area contributed by atoms with E-state index in [2.05, 4.69) is 25.8 Å². The Labute approximate surface area is 175 Å². The van der Waals surface area contributed by atoms with Gasteiger partial charge in [0, 0.05) is 62.5 Å². The number of piperazine rings is 1. The normalized spacial score (nSPS) is 15.0. The number of halogens is 4. The Balaban J connectivity index is 0.000000318. The summed E-state index contributed by atoms with van der Waals surface area (Å²) in [7, 11) is 0. The lowest BCUT2D eigenvalue weighted by atomic mass is 10.2. The second kappa shape index (κ2) is 9.31. The van der Waals surface area contributed by atoms with Crippen LogP contribution in [-0.2, 0) is 11.3 Å². The lowest BCUT2D eigenvalue weighted by Crippen LogP contribution is -2.46. The second-order valence-electron chi connectivity index (χ2n) is 6.57. The molecule has 3 heterocycles. The van der Waals surface area contributed by atoms with Crippen LogP contribution in [0.1, 0.15) is 5.56 Å². The third kappa shape index (κ3) is 5.39. The SMILES string of the molecule is Clc1ccccc1CN1CCN(c2nccn3ccnc23)CC1.O=C(O)C(F)(F)F. The van der Waals surface area contributed by atoms with Crippen molar-refractivity contribution in [1.29, 1.82) is 0 Å². The summed E-state index contributed by atoms with van der Waals surface area (Å²) in [5, 5.41) is 7.97. The van der Waals surface area contributed by atoms with E-state index in [0.29, 0.717) is 0 Å². The molecule has 0 bridgehead atoms. The Hall–Kier alpha value is -2.85. The average molecular weight is 442 g/mol. The molecule has 2 aromatic heterocycles. The lowest BCUT2D eigenvalue weighted by molar-refractivity contribution is -0.192. The molecule has 1 aromatic carbocycles. The Morgan fingerprint density at radius 3 is 2.27 bits per heavy atom. The number of imidazole rings is 1. The monoisotopic (exact) mass is 441 g/mol. The van der Waals surface area contributed by atoms with Crippen molar-refractivity contribution < 1.29 is 23.1 Å². The summed E-state index contributed by atoms with van der Waals surface area (Å²) in [6.07, 6.45) is 2.45. The molecule has 1 N–H and O–H groups in total. The van der Waals surface area contributed by atoms with Gasteiger partial charge in [0.05, 0.1) is 0 Å². The van der Waals surface area contributed by atoms with E-state index in [4.69, 9.17) is 21.5 Å². The molecule has 1 aliphatic heterocycles. The smallest absolute Gasteiger partial charge is 0.475 e. The zero-order chi connectivity index (χ0) is 21.7. The van der Waals surface area contributed by atoms with Crippen LogP contribution in [0.5, 0.6) is 0 Å². The molecule has 0 spiro atoms. The summed E-state index contributed by atoms with van der Waals surface area (Å²) in [5.74, 6) is -1.79. The van der Waals surface area contributed by atoms with Gasteiger partial charge in [-0.3, -0.25) is 4.90 Å². The Morgan fingerprint density at radius 1 is 1.07 bits per heavy atom. The molecule has 1 aliphatic rings. The van der Waals surface area contributed by atoms with Crippen LogP contribution in [0.4, 0.5) is 19.0 Å². The molecule has 1 fully saturated rings. The van der Waals surface area contributed by atoms with Gasteiger partial charge in [-0.15, -0.1) is 0 Å². The van der Waals surface area contributed by atoms with E-state index in [0.717, 1.165) is 49.2 Å². The average Bonchev–Trinajstić information content (AvgIpc) is 3.19. The number of fused-ring (bicyclic) bond motifs is 1. The number of carboxylic acid groups (broad SMARTS) is 1. The Bertz CT molecular complexity index is 1000. The number of alkyl halides is 3. The zero-order valence-corrected chi connectivity index (χ0v) is 16.5. The fourth-order valence-corrected chi connectivity index (χ4v) is 3.24. The van der Waals surface area contributed by atoms with Crippen LogP contribution >= 0.6 is 11.6 Å². The molecule has 0 radical (unpaired) electrons. The third-order valence-corrected chi connectivity index (χ3v) is 4.93. The molecule has 160 valence electrons. The summed E-state index contributed by atoms with van der Waals surface area (Å²) < 4.78 is 33.7. The summed E-state index contributed by atoms with van der Waals surface area (Å²) in [4.78, 5) is 22.6. The van der Waals surface area contributed by atoms with Crippen LogP contribution in [0.2, 0.25) is 5.02 Å². The fourth-order valence-electron chi connectivity index (χ4n) is 3.05. The molecule has 4 rings (SSSR count). The van der Waals surface area contributed by atoms with Gasteiger partial charge in [0.1, 0.15) is 0 Å². The van der Waals surface area contributed by atoms with Crippen molar-refractivity contribution in [3.63, 3.8) is 0 Å². The van der Waals surface area contributed by atoms with E-state index < -0.39 is 12.1 Å². The molecule has 7 nitrogen and oxygen atoms in total. The first kappa shape index (κ1) is 21.8. The number of benzene rings is 1. The van der Waals surface area contributed by atoms with Gasteiger partial charge < -0.3 is 14.4 Å². The largest absolute Gasteiger partial charge is 0.490 e. The predicted octanol–water partition coefficient (Wildman–Crippen LogP) is 3.34. The van der Waals surface area contributed by atoms with Gasteiger partial charge in [0.15, 0.2) is 11.5 Å². The summed E-state index contributed by atoms with van der Waals surface area (Å²) in [5.41, 5.74) is 2.11. The zero-order valence-electron chi connectivity index (χ0n) is 15.8. The van der Waals surface area contributed by atoms with Gasteiger partial charge in [-0.1, -0.05) is 29.8 Å². The molecular weight excluding hydrogens is 423 g/mol. The quantitative estimate of drug-likeness (QED) is 0.672. The van der Waals surface area contributed by atoms with Gasteiger partial charge in [-0.05, 0) is 11.6 Å². The van der Waals surface area contributed by atoms with Crippen molar-refractivity contribution in [2.24, 2.45) is 0 Å². The van der Waals surface area contributed by atoms with Crippen molar-refractivity contribution in [2.45, 2.75) is 12.7 Å². The van der Waals surface area contributed by atoms with Crippen LogP contribution in [0.3, 0.4) is 0 Å².